The van der Waals surface area contributed by atoms with Crippen molar-refractivity contribution in [1.82, 2.24) is 4.90 Å². The first-order chi connectivity index (χ1) is 8.22. The summed E-state index contributed by atoms with van der Waals surface area (Å²) in [6.07, 6.45) is 8.98. The minimum Gasteiger partial charge on any atom is -0.342 e. The van der Waals surface area contributed by atoms with Crippen molar-refractivity contribution in [3.63, 3.8) is 0 Å². The first kappa shape index (κ1) is 11.6. The third kappa shape index (κ3) is 2.36. The molecule has 0 aromatic carbocycles. The maximum atomic E-state index is 12.3. The van der Waals surface area contributed by atoms with E-state index in [9.17, 15) is 4.79 Å². The van der Waals surface area contributed by atoms with Gasteiger partial charge in [0.05, 0.1) is 0 Å². The quantitative estimate of drug-likeness (QED) is 0.720. The summed E-state index contributed by atoms with van der Waals surface area (Å²) >= 11 is 0. The summed E-state index contributed by atoms with van der Waals surface area (Å²) in [5.74, 6) is 3.77. The van der Waals surface area contributed by atoms with Crippen LogP contribution in [0.3, 0.4) is 0 Å². The zero-order valence-corrected chi connectivity index (χ0v) is 11.0. The SMILES string of the molecule is C[C@H]1CCCN(C(=O)C[C@H]2C[C@H]3CC[C@H]2C3)C1. The van der Waals surface area contributed by atoms with Crippen LogP contribution in [0.4, 0.5) is 0 Å². The van der Waals surface area contributed by atoms with Crippen LogP contribution in [-0.2, 0) is 4.79 Å². The van der Waals surface area contributed by atoms with Gasteiger partial charge in [-0.3, -0.25) is 4.79 Å². The number of rotatable bonds is 2. The van der Waals surface area contributed by atoms with Crippen molar-refractivity contribution in [3.05, 3.63) is 0 Å². The van der Waals surface area contributed by atoms with Gasteiger partial charge >= 0.3 is 0 Å². The van der Waals surface area contributed by atoms with E-state index < -0.39 is 0 Å². The predicted molar refractivity (Wildman–Crippen MR) is 68.5 cm³/mol. The van der Waals surface area contributed by atoms with Crippen LogP contribution in [0.25, 0.3) is 0 Å². The van der Waals surface area contributed by atoms with Gasteiger partial charge < -0.3 is 4.90 Å². The number of hydrogen-bond donors (Lipinski definition) is 0. The molecular formula is C15H25NO. The van der Waals surface area contributed by atoms with Gasteiger partial charge in [0.15, 0.2) is 0 Å². The molecule has 0 spiro atoms. The Morgan fingerprint density at radius 2 is 2.12 bits per heavy atom. The summed E-state index contributed by atoms with van der Waals surface area (Å²) in [5.41, 5.74) is 0. The van der Waals surface area contributed by atoms with Crippen molar-refractivity contribution in [2.24, 2.45) is 23.7 Å². The molecular weight excluding hydrogens is 210 g/mol. The zero-order chi connectivity index (χ0) is 11.8. The Morgan fingerprint density at radius 1 is 1.24 bits per heavy atom. The molecule has 1 amide bonds. The maximum Gasteiger partial charge on any atom is 0.222 e. The van der Waals surface area contributed by atoms with Gasteiger partial charge in [-0.05, 0) is 55.8 Å². The first-order valence-corrected chi connectivity index (χ1v) is 7.50. The van der Waals surface area contributed by atoms with E-state index in [4.69, 9.17) is 0 Å². The minimum absolute atomic E-state index is 0.453. The van der Waals surface area contributed by atoms with Crippen LogP contribution >= 0.6 is 0 Å². The lowest BCUT2D eigenvalue weighted by atomic mass is 9.86. The Morgan fingerprint density at radius 3 is 2.76 bits per heavy atom. The fraction of sp³-hybridized carbons (Fsp3) is 0.933. The number of nitrogens with zero attached hydrogens (tertiary/aromatic N) is 1. The minimum atomic E-state index is 0.453. The van der Waals surface area contributed by atoms with E-state index >= 15 is 0 Å². The van der Waals surface area contributed by atoms with Crippen molar-refractivity contribution in [3.8, 4) is 0 Å². The topological polar surface area (TPSA) is 20.3 Å². The van der Waals surface area contributed by atoms with Crippen LogP contribution in [0.15, 0.2) is 0 Å². The molecule has 17 heavy (non-hydrogen) atoms. The average molecular weight is 235 g/mol. The largest absolute Gasteiger partial charge is 0.342 e. The second-order valence-corrected chi connectivity index (χ2v) is 6.73. The smallest absolute Gasteiger partial charge is 0.222 e. The van der Waals surface area contributed by atoms with Crippen LogP contribution in [0.2, 0.25) is 0 Å². The summed E-state index contributed by atoms with van der Waals surface area (Å²) in [6, 6.07) is 0. The summed E-state index contributed by atoms with van der Waals surface area (Å²) in [7, 11) is 0. The van der Waals surface area contributed by atoms with Crippen molar-refractivity contribution in [1.29, 1.82) is 0 Å². The van der Waals surface area contributed by atoms with Gasteiger partial charge in [-0.15, -0.1) is 0 Å². The van der Waals surface area contributed by atoms with E-state index in [-0.39, 0.29) is 0 Å². The molecule has 3 rings (SSSR count). The van der Waals surface area contributed by atoms with Crippen LogP contribution in [0.1, 0.15) is 51.9 Å². The molecule has 2 heteroatoms. The molecule has 2 aliphatic carbocycles. The van der Waals surface area contributed by atoms with E-state index in [2.05, 4.69) is 11.8 Å². The van der Waals surface area contributed by atoms with E-state index in [1.165, 1.54) is 38.5 Å². The number of piperidine rings is 1. The van der Waals surface area contributed by atoms with Crippen molar-refractivity contribution >= 4 is 5.91 Å². The predicted octanol–water partition coefficient (Wildman–Crippen LogP) is 3.07. The highest BCUT2D eigenvalue weighted by molar-refractivity contribution is 5.76. The number of likely N-dealkylation sites (tertiary alicyclic amines) is 1. The fourth-order valence-electron chi connectivity index (χ4n) is 4.40. The van der Waals surface area contributed by atoms with Crippen molar-refractivity contribution in [2.75, 3.05) is 13.1 Å². The Bertz CT molecular complexity index is 301. The van der Waals surface area contributed by atoms with E-state index in [1.807, 2.05) is 0 Å². The van der Waals surface area contributed by atoms with Crippen LogP contribution in [-0.4, -0.2) is 23.9 Å². The number of carbonyl (C=O) groups excluding carboxylic acids is 1. The fourth-order valence-corrected chi connectivity index (χ4v) is 4.40. The zero-order valence-electron chi connectivity index (χ0n) is 11.0. The molecule has 0 aromatic heterocycles. The highest BCUT2D eigenvalue weighted by Gasteiger charge is 2.40. The highest BCUT2D eigenvalue weighted by Crippen LogP contribution is 2.49. The Labute approximate surface area is 105 Å². The van der Waals surface area contributed by atoms with Crippen molar-refractivity contribution < 1.29 is 4.79 Å². The lowest BCUT2D eigenvalue weighted by Crippen LogP contribution is -2.40. The Balaban J connectivity index is 1.53. The maximum absolute atomic E-state index is 12.3. The molecule has 0 N–H and O–H groups in total. The summed E-state index contributed by atoms with van der Waals surface area (Å²) in [6.45, 7) is 4.31. The van der Waals surface area contributed by atoms with Gasteiger partial charge in [0, 0.05) is 19.5 Å². The van der Waals surface area contributed by atoms with Gasteiger partial charge in [-0.25, -0.2) is 0 Å². The molecule has 1 saturated heterocycles. The molecule has 3 fully saturated rings. The highest BCUT2D eigenvalue weighted by atomic mass is 16.2. The van der Waals surface area contributed by atoms with Gasteiger partial charge in [0.2, 0.25) is 5.91 Å². The summed E-state index contributed by atoms with van der Waals surface area (Å²) in [4.78, 5) is 14.4. The third-order valence-electron chi connectivity index (χ3n) is 5.33. The molecule has 0 radical (unpaired) electrons. The Kier molecular flexibility index (Phi) is 3.14. The summed E-state index contributed by atoms with van der Waals surface area (Å²) in [5, 5.41) is 0. The molecule has 2 bridgehead atoms. The van der Waals surface area contributed by atoms with Gasteiger partial charge in [0.25, 0.3) is 0 Å². The first-order valence-electron chi connectivity index (χ1n) is 7.50. The number of hydrogen-bond acceptors (Lipinski definition) is 1. The lowest BCUT2D eigenvalue weighted by Gasteiger charge is -2.32. The average Bonchev–Trinajstić information content (AvgIpc) is 2.91. The van der Waals surface area contributed by atoms with Gasteiger partial charge in [-0.1, -0.05) is 13.3 Å². The molecule has 0 aromatic rings. The molecule has 1 aliphatic heterocycles. The number of fused-ring (bicyclic) bond motifs is 2. The number of amides is 1. The van der Waals surface area contributed by atoms with Gasteiger partial charge in [-0.2, -0.15) is 0 Å². The van der Waals surface area contributed by atoms with Crippen LogP contribution in [0.5, 0.6) is 0 Å². The summed E-state index contributed by atoms with van der Waals surface area (Å²) < 4.78 is 0. The van der Waals surface area contributed by atoms with E-state index in [0.29, 0.717) is 11.8 Å². The van der Waals surface area contributed by atoms with Crippen LogP contribution < -0.4 is 0 Å². The molecule has 2 nitrogen and oxygen atoms in total. The van der Waals surface area contributed by atoms with Gasteiger partial charge in [0.1, 0.15) is 0 Å². The van der Waals surface area contributed by atoms with E-state index in [0.717, 1.165) is 37.3 Å². The second kappa shape index (κ2) is 4.62. The Hall–Kier alpha value is -0.530. The second-order valence-electron chi connectivity index (χ2n) is 6.73. The van der Waals surface area contributed by atoms with Crippen LogP contribution in [0, 0.1) is 23.7 Å². The molecule has 1 heterocycles. The molecule has 2 saturated carbocycles. The molecule has 4 atom stereocenters. The molecule has 3 aliphatic rings. The molecule has 96 valence electrons. The normalized spacial score (nSPS) is 40.9. The number of carbonyl (C=O) groups is 1. The van der Waals surface area contributed by atoms with Crippen molar-refractivity contribution in [2.45, 2.75) is 51.9 Å². The third-order valence-corrected chi connectivity index (χ3v) is 5.33. The molecule has 0 unspecified atom stereocenters. The van der Waals surface area contributed by atoms with E-state index in [1.54, 1.807) is 0 Å². The monoisotopic (exact) mass is 235 g/mol. The lowest BCUT2D eigenvalue weighted by molar-refractivity contribution is -0.134. The standard InChI is InChI=1S/C15H25NO/c1-11-3-2-6-16(10-11)15(17)9-14-8-12-4-5-13(14)7-12/h11-14H,2-10H2,1H3/t11-,12-,13-,14+/m0/s1.